The highest BCUT2D eigenvalue weighted by Crippen LogP contribution is 2.22. The summed E-state index contributed by atoms with van der Waals surface area (Å²) in [7, 11) is 4.11. The fourth-order valence-corrected chi connectivity index (χ4v) is 7.99. The van der Waals surface area contributed by atoms with E-state index in [-0.39, 0.29) is 24.7 Å². The molecule has 7 nitrogen and oxygen atoms in total. The molecule has 3 unspecified atom stereocenters. The smallest absolute Gasteiger partial charge is 0.306 e. The minimum Gasteiger partial charge on any atom is -0.462 e. The lowest BCUT2D eigenvalue weighted by Crippen LogP contribution is -2.23. The van der Waals surface area contributed by atoms with Gasteiger partial charge in [0.05, 0.1) is 6.10 Å². The van der Waals surface area contributed by atoms with Crippen molar-refractivity contribution in [3.63, 3.8) is 0 Å². The van der Waals surface area contributed by atoms with Crippen molar-refractivity contribution in [2.24, 2.45) is 5.92 Å². The summed E-state index contributed by atoms with van der Waals surface area (Å²) in [5.74, 6) is 0.788. The molecule has 0 N–H and O–H groups in total. The first-order valence-electron chi connectivity index (χ1n) is 25.6. The molecule has 3 atom stereocenters. The largest absolute Gasteiger partial charge is 0.462 e. The van der Waals surface area contributed by atoms with Crippen LogP contribution in [0, 0.1) is 5.92 Å². The van der Waals surface area contributed by atoms with Crippen molar-refractivity contribution in [3.05, 3.63) is 0 Å². The lowest BCUT2D eigenvalue weighted by molar-refractivity contribution is -0.164. The number of unbranched alkanes of at least 4 members (excludes halogenated alkanes) is 18. The quantitative estimate of drug-likeness (QED) is 0.0344. The van der Waals surface area contributed by atoms with Gasteiger partial charge in [0.2, 0.25) is 0 Å². The summed E-state index contributed by atoms with van der Waals surface area (Å²) in [5.41, 5.74) is 0. The lowest BCUT2D eigenvalue weighted by Gasteiger charge is -2.23. The predicted octanol–water partition coefficient (Wildman–Crippen LogP) is 15.2. The molecule has 7 heteroatoms. The highest BCUT2D eigenvalue weighted by atomic mass is 16.7. The van der Waals surface area contributed by atoms with Crippen LogP contribution in [0.2, 0.25) is 0 Å². The normalized spacial score (nSPS) is 13.6. The number of hydrogen-bond acceptors (Lipinski definition) is 7. The summed E-state index contributed by atoms with van der Waals surface area (Å²) >= 11 is 0. The Kier molecular flexibility index (Phi) is 43.8. The molecule has 0 aliphatic heterocycles. The molecule has 0 aromatic heterocycles. The Morgan fingerprint density at radius 2 is 0.828 bits per heavy atom. The van der Waals surface area contributed by atoms with E-state index < -0.39 is 0 Å². The zero-order valence-corrected chi connectivity index (χ0v) is 40.4. The van der Waals surface area contributed by atoms with Crippen LogP contribution in [0.4, 0.5) is 0 Å². The summed E-state index contributed by atoms with van der Waals surface area (Å²) in [6.07, 6.45) is 39.6. The van der Waals surface area contributed by atoms with E-state index in [1.807, 2.05) is 0 Å². The topological polar surface area (TPSA) is 66.5 Å². The molecular weight excluding hydrogens is 723 g/mol. The molecule has 0 aliphatic carbocycles. The summed E-state index contributed by atoms with van der Waals surface area (Å²) < 4.78 is 30.5. The van der Waals surface area contributed by atoms with Crippen LogP contribution in [0.15, 0.2) is 0 Å². The summed E-state index contributed by atoms with van der Waals surface area (Å²) in [4.78, 5) is 14.8. The monoisotopic (exact) mass is 826 g/mol. The highest BCUT2D eigenvalue weighted by Gasteiger charge is 2.16. The van der Waals surface area contributed by atoms with Gasteiger partial charge in [-0.25, -0.2) is 0 Å². The van der Waals surface area contributed by atoms with Gasteiger partial charge in [0, 0.05) is 26.2 Å². The Morgan fingerprint density at radius 1 is 0.431 bits per heavy atom. The van der Waals surface area contributed by atoms with E-state index in [2.05, 4.69) is 60.5 Å². The number of carbonyl (C=O) groups excluding carboxylic acids is 1. The van der Waals surface area contributed by atoms with E-state index in [0.29, 0.717) is 12.5 Å². The number of hydrogen-bond donors (Lipinski definition) is 0. The van der Waals surface area contributed by atoms with Crippen molar-refractivity contribution in [3.8, 4) is 0 Å². The number of ether oxygens (including phenoxy) is 5. The summed E-state index contributed by atoms with van der Waals surface area (Å²) in [6.45, 7) is 16.6. The number of carbonyl (C=O) groups is 1. The number of esters is 1. The van der Waals surface area contributed by atoms with Crippen molar-refractivity contribution in [2.45, 2.75) is 278 Å². The van der Waals surface area contributed by atoms with Crippen LogP contribution in [0.5, 0.6) is 0 Å². The molecular formula is C51H103NO6. The van der Waals surface area contributed by atoms with Gasteiger partial charge >= 0.3 is 5.97 Å². The van der Waals surface area contributed by atoms with E-state index in [9.17, 15) is 4.79 Å². The second-order valence-corrected chi connectivity index (χ2v) is 18.0. The molecule has 0 heterocycles. The van der Waals surface area contributed by atoms with Crippen LogP contribution in [0.3, 0.4) is 0 Å². The molecule has 0 spiro atoms. The van der Waals surface area contributed by atoms with E-state index >= 15 is 0 Å². The van der Waals surface area contributed by atoms with E-state index in [1.54, 1.807) is 0 Å². The van der Waals surface area contributed by atoms with Gasteiger partial charge in [0.25, 0.3) is 0 Å². The van der Waals surface area contributed by atoms with Crippen molar-refractivity contribution < 1.29 is 28.5 Å². The Bertz CT molecular complexity index is 807. The minimum atomic E-state index is -0.113. The summed E-state index contributed by atoms with van der Waals surface area (Å²) in [6, 6.07) is 0. The van der Waals surface area contributed by atoms with E-state index in [0.717, 1.165) is 90.1 Å². The molecule has 0 fully saturated rings. The molecule has 0 bridgehead atoms. The average molecular weight is 826 g/mol. The van der Waals surface area contributed by atoms with Crippen molar-refractivity contribution in [2.75, 3.05) is 40.5 Å². The standard InChI is InChI=1S/C51H103NO6/c1-9-13-25-34-48(35-26-14-10-2)41-45-56-46(5)54-43-31-23-19-17-21-29-38-50(58-51(53)40-33-42-52(7)8)39-30-22-18-20-24-32-44-55-47(6)57-49(36-27-15-11-3)37-28-16-12-4/h46-50H,9-45H2,1-8H3. The third kappa shape index (κ3) is 40.7. The van der Waals surface area contributed by atoms with Gasteiger partial charge in [-0.3, -0.25) is 4.79 Å². The van der Waals surface area contributed by atoms with Gasteiger partial charge in [-0.15, -0.1) is 0 Å². The first-order valence-corrected chi connectivity index (χ1v) is 25.6. The van der Waals surface area contributed by atoms with Crippen LogP contribution >= 0.6 is 0 Å². The van der Waals surface area contributed by atoms with Crippen LogP contribution in [-0.2, 0) is 28.5 Å². The molecule has 58 heavy (non-hydrogen) atoms. The Balaban J connectivity index is 4.26. The second kappa shape index (κ2) is 44.3. The maximum atomic E-state index is 12.7. The Labute approximate surface area is 362 Å². The molecule has 0 aromatic carbocycles. The van der Waals surface area contributed by atoms with Gasteiger partial charge < -0.3 is 28.6 Å². The zero-order chi connectivity index (χ0) is 42.7. The molecule has 0 aliphatic rings. The first kappa shape index (κ1) is 57.3. The van der Waals surface area contributed by atoms with Crippen LogP contribution < -0.4 is 0 Å². The molecule has 0 radical (unpaired) electrons. The lowest BCUT2D eigenvalue weighted by atomic mass is 9.92. The highest BCUT2D eigenvalue weighted by molar-refractivity contribution is 5.69. The first-order chi connectivity index (χ1) is 28.2. The van der Waals surface area contributed by atoms with E-state index in [1.165, 1.54) is 148 Å². The van der Waals surface area contributed by atoms with Crippen molar-refractivity contribution >= 4 is 5.97 Å². The van der Waals surface area contributed by atoms with Gasteiger partial charge in [0.1, 0.15) is 6.10 Å². The molecule has 348 valence electrons. The minimum absolute atomic E-state index is 0.0183. The SMILES string of the molecule is CCCCCC(CCCCC)CCOC(C)OCCCCCCCCC(CCCCCCCCOC(C)OC(CCCCC)CCCCC)OC(=O)CCCN(C)C. The zero-order valence-electron chi connectivity index (χ0n) is 40.4. The molecule has 0 rings (SSSR count). The maximum absolute atomic E-state index is 12.7. The molecule has 0 saturated carbocycles. The number of nitrogens with zero attached hydrogens (tertiary/aromatic N) is 1. The van der Waals surface area contributed by atoms with Gasteiger partial charge in [-0.1, -0.05) is 169 Å². The van der Waals surface area contributed by atoms with Gasteiger partial charge in [-0.05, 0) is 105 Å². The van der Waals surface area contributed by atoms with Crippen molar-refractivity contribution in [1.82, 2.24) is 4.90 Å². The molecule has 0 aromatic rings. The average Bonchev–Trinajstić information content (AvgIpc) is 3.19. The fraction of sp³-hybridized carbons (Fsp3) is 0.980. The van der Waals surface area contributed by atoms with Crippen LogP contribution in [-0.4, -0.2) is 76.1 Å². The van der Waals surface area contributed by atoms with E-state index in [4.69, 9.17) is 23.7 Å². The summed E-state index contributed by atoms with van der Waals surface area (Å²) in [5, 5.41) is 0. The van der Waals surface area contributed by atoms with Gasteiger partial charge in [-0.2, -0.15) is 0 Å². The van der Waals surface area contributed by atoms with Gasteiger partial charge in [0.15, 0.2) is 12.6 Å². The van der Waals surface area contributed by atoms with Crippen molar-refractivity contribution in [1.29, 1.82) is 0 Å². The van der Waals surface area contributed by atoms with Crippen LogP contribution in [0.25, 0.3) is 0 Å². The number of rotatable bonds is 47. The Hall–Kier alpha value is -0.730. The van der Waals surface area contributed by atoms with Crippen LogP contribution in [0.1, 0.15) is 253 Å². The predicted molar refractivity (Wildman–Crippen MR) is 249 cm³/mol. The Morgan fingerprint density at radius 3 is 1.31 bits per heavy atom. The third-order valence-electron chi connectivity index (χ3n) is 11.8. The maximum Gasteiger partial charge on any atom is 0.306 e. The molecule has 0 amide bonds. The second-order valence-electron chi connectivity index (χ2n) is 18.0. The fourth-order valence-electron chi connectivity index (χ4n) is 7.99. The molecule has 0 saturated heterocycles. The third-order valence-corrected chi connectivity index (χ3v) is 11.8.